The van der Waals surface area contributed by atoms with Crippen LogP contribution in [0, 0.1) is 0 Å². The summed E-state index contributed by atoms with van der Waals surface area (Å²) in [6.07, 6.45) is 1.68. The lowest BCUT2D eigenvalue weighted by molar-refractivity contribution is -0.0777. The molecule has 1 saturated heterocycles. The topological polar surface area (TPSA) is 25.6 Å². The lowest BCUT2D eigenvalue weighted by Gasteiger charge is -2.28. The molecule has 1 fully saturated rings. The van der Waals surface area contributed by atoms with E-state index in [1.54, 1.807) is 6.26 Å². The van der Waals surface area contributed by atoms with Crippen LogP contribution in [0.4, 0.5) is 0 Å². The zero-order valence-electron chi connectivity index (χ0n) is 7.41. The van der Waals surface area contributed by atoms with Crippen molar-refractivity contribution in [3.8, 4) is 0 Å². The van der Waals surface area contributed by atoms with Crippen molar-refractivity contribution in [3.05, 3.63) is 24.2 Å². The molecule has 0 spiro atoms. The molecule has 1 aromatic rings. The number of rotatable bonds is 1. The van der Waals surface area contributed by atoms with Gasteiger partial charge in [0.15, 0.2) is 11.5 Å². The van der Waals surface area contributed by atoms with E-state index < -0.39 is 0 Å². The number of furan rings is 1. The Morgan fingerprint density at radius 1 is 1.58 bits per heavy atom. The number of hydrogen-bond donors (Lipinski definition) is 0. The molecule has 1 aromatic heterocycles. The first-order valence-corrected chi connectivity index (χ1v) is 4.13. The molecule has 0 radical (unpaired) electrons. The van der Waals surface area contributed by atoms with Gasteiger partial charge in [-0.2, -0.15) is 0 Å². The highest BCUT2D eigenvalue weighted by molar-refractivity contribution is 5.08. The van der Waals surface area contributed by atoms with Crippen molar-refractivity contribution in [1.82, 2.24) is 4.90 Å². The SMILES string of the molecule is CN1CCOC1(C)c1ccco1. The van der Waals surface area contributed by atoms with Gasteiger partial charge in [0, 0.05) is 6.54 Å². The quantitative estimate of drug-likeness (QED) is 0.632. The maximum atomic E-state index is 5.63. The van der Waals surface area contributed by atoms with Gasteiger partial charge in [0.25, 0.3) is 0 Å². The molecule has 3 nitrogen and oxygen atoms in total. The van der Waals surface area contributed by atoms with Crippen molar-refractivity contribution >= 4 is 0 Å². The highest BCUT2D eigenvalue weighted by atomic mass is 16.5. The molecule has 0 aromatic carbocycles. The molecule has 0 saturated carbocycles. The van der Waals surface area contributed by atoms with E-state index in [-0.39, 0.29) is 5.72 Å². The van der Waals surface area contributed by atoms with Crippen LogP contribution >= 0.6 is 0 Å². The molecule has 2 rings (SSSR count). The Bertz CT molecular complexity index is 258. The predicted molar refractivity (Wildman–Crippen MR) is 44.6 cm³/mol. The summed E-state index contributed by atoms with van der Waals surface area (Å²) in [6, 6.07) is 3.83. The van der Waals surface area contributed by atoms with E-state index >= 15 is 0 Å². The molecule has 0 aliphatic carbocycles. The minimum absolute atomic E-state index is 0.358. The van der Waals surface area contributed by atoms with Gasteiger partial charge in [-0.3, -0.25) is 4.90 Å². The van der Waals surface area contributed by atoms with E-state index in [0.717, 1.165) is 18.9 Å². The second kappa shape index (κ2) is 2.61. The zero-order chi connectivity index (χ0) is 8.60. The summed E-state index contributed by atoms with van der Waals surface area (Å²) >= 11 is 0. The van der Waals surface area contributed by atoms with Gasteiger partial charge in [-0.15, -0.1) is 0 Å². The maximum Gasteiger partial charge on any atom is 0.177 e. The summed E-state index contributed by atoms with van der Waals surface area (Å²) in [5.41, 5.74) is -0.358. The molecule has 12 heavy (non-hydrogen) atoms. The molecule has 0 bridgehead atoms. The predicted octanol–water partition coefficient (Wildman–Crippen LogP) is 1.41. The van der Waals surface area contributed by atoms with Gasteiger partial charge in [0.05, 0.1) is 12.9 Å². The van der Waals surface area contributed by atoms with Gasteiger partial charge in [0.1, 0.15) is 0 Å². The van der Waals surface area contributed by atoms with E-state index in [1.807, 2.05) is 26.1 Å². The highest BCUT2D eigenvalue weighted by Gasteiger charge is 2.39. The Morgan fingerprint density at radius 2 is 2.42 bits per heavy atom. The number of nitrogens with zero attached hydrogens (tertiary/aromatic N) is 1. The van der Waals surface area contributed by atoms with E-state index in [1.165, 1.54) is 0 Å². The molecule has 1 unspecified atom stereocenters. The summed E-state index contributed by atoms with van der Waals surface area (Å²) < 4.78 is 11.0. The summed E-state index contributed by atoms with van der Waals surface area (Å²) in [5, 5.41) is 0. The fraction of sp³-hybridized carbons (Fsp3) is 0.556. The smallest absolute Gasteiger partial charge is 0.177 e. The summed E-state index contributed by atoms with van der Waals surface area (Å²) in [7, 11) is 2.04. The van der Waals surface area contributed by atoms with E-state index in [9.17, 15) is 0 Å². The van der Waals surface area contributed by atoms with Crippen molar-refractivity contribution in [3.63, 3.8) is 0 Å². The largest absolute Gasteiger partial charge is 0.465 e. The molecule has 0 N–H and O–H groups in total. The maximum absolute atomic E-state index is 5.63. The van der Waals surface area contributed by atoms with Crippen LogP contribution in [0.5, 0.6) is 0 Å². The third-order valence-electron chi connectivity index (χ3n) is 2.52. The van der Waals surface area contributed by atoms with Crippen molar-refractivity contribution in [2.75, 3.05) is 20.2 Å². The van der Waals surface area contributed by atoms with E-state index in [0.29, 0.717) is 0 Å². The van der Waals surface area contributed by atoms with Crippen LogP contribution in [0.3, 0.4) is 0 Å². The molecule has 66 valence electrons. The van der Waals surface area contributed by atoms with Crippen LogP contribution in [-0.2, 0) is 10.5 Å². The number of likely N-dealkylation sites (N-methyl/N-ethyl adjacent to an activating group) is 1. The highest BCUT2D eigenvalue weighted by Crippen LogP contribution is 2.32. The molecule has 3 heteroatoms. The third-order valence-corrected chi connectivity index (χ3v) is 2.52. The number of hydrogen-bond acceptors (Lipinski definition) is 3. The fourth-order valence-electron chi connectivity index (χ4n) is 1.51. The first kappa shape index (κ1) is 7.83. The van der Waals surface area contributed by atoms with Crippen molar-refractivity contribution in [2.24, 2.45) is 0 Å². The summed E-state index contributed by atoms with van der Waals surface area (Å²) in [6.45, 7) is 3.75. The van der Waals surface area contributed by atoms with Crippen LogP contribution in [0.2, 0.25) is 0 Å². The Labute approximate surface area is 71.9 Å². The lowest BCUT2D eigenvalue weighted by atomic mass is 10.2. The van der Waals surface area contributed by atoms with Gasteiger partial charge in [-0.25, -0.2) is 0 Å². The van der Waals surface area contributed by atoms with Gasteiger partial charge in [-0.05, 0) is 26.1 Å². The minimum atomic E-state index is -0.358. The van der Waals surface area contributed by atoms with Crippen LogP contribution in [0.1, 0.15) is 12.7 Å². The van der Waals surface area contributed by atoms with Crippen molar-refractivity contribution in [1.29, 1.82) is 0 Å². The summed E-state index contributed by atoms with van der Waals surface area (Å²) in [5.74, 6) is 0.877. The van der Waals surface area contributed by atoms with Gasteiger partial charge in [-0.1, -0.05) is 0 Å². The fourth-order valence-corrected chi connectivity index (χ4v) is 1.51. The number of ether oxygens (including phenoxy) is 1. The van der Waals surface area contributed by atoms with Crippen LogP contribution in [-0.4, -0.2) is 25.1 Å². The Kier molecular flexibility index (Phi) is 1.70. The lowest BCUT2D eigenvalue weighted by Crippen LogP contribution is -2.36. The minimum Gasteiger partial charge on any atom is -0.465 e. The first-order valence-electron chi connectivity index (χ1n) is 4.13. The Hall–Kier alpha value is -0.800. The molecule has 1 aliphatic heterocycles. The molecule has 0 amide bonds. The Balaban J connectivity index is 2.32. The Morgan fingerprint density at radius 3 is 2.92 bits per heavy atom. The molecule has 1 aliphatic rings. The van der Waals surface area contributed by atoms with Gasteiger partial charge < -0.3 is 9.15 Å². The van der Waals surface area contributed by atoms with Gasteiger partial charge in [0.2, 0.25) is 0 Å². The van der Waals surface area contributed by atoms with Gasteiger partial charge >= 0.3 is 0 Å². The average Bonchev–Trinajstić information content (AvgIpc) is 2.62. The average molecular weight is 167 g/mol. The van der Waals surface area contributed by atoms with Crippen molar-refractivity contribution < 1.29 is 9.15 Å². The van der Waals surface area contributed by atoms with Crippen molar-refractivity contribution in [2.45, 2.75) is 12.6 Å². The summed E-state index contributed by atoms with van der Waals surface area (Å²) in [4.78, 5) is 2.14. The van der Waals surface area contributed by atoms with Crippen LogP contribution < -0.4 is 0 Å². The third kappa shape index (κ3) is 0.974. The standard InChI is InChI=1S/C9H13NO2/c1-9(8-4-3-6-11-8)10(2)5-7-12-9/h3-4,6H,5,7H2,1-2H3. The van der Waals surface area contributed by atoms with E-state index in [4.69, 9.17) is 9.15 Å². The first-order chi connectivity index (χ1) is 5.73. The second-order valence-electron chi connectivity index (χ2n) is 3.23. The molecule has 2 heterocycles. The second-order valence-corrected chi connectivity index (χ2v) is 3.23. The molecule has 1 atom stereocenters. The normalized spacial score (nSPS) is 31.2. The monoisotopic (exact) mass is 167 g/mol. The molecular weight excluding hydrogens is 154 g/mol. The van der Waals surface area contributed by atoms with Crippen LogP contribution in [0.15, 0.2) is 22.8 Å². The molecular formula is C9H13NO2. The van der Waals surface area contributed by atoms with E-state index in [2.05, 4.69) is 4.90 Å². The zero-order valence-corrected chi connectivity index (χ0v) is 7.41. The van der Waals surface area contributed by atoms with Crippen LogP contribution in [0.25, 0.3) is 0 Å².